The molecule has 1 aromatic heterocycles. The van der Waals surface area contributed by atoms with Gasteiger partial charge in [0.05, 0.1) is 16.8 Å². The maximum Gasteiger partial charge on any atom is 0.339 e. The van der Waals surface area contributed by atoms with Gasteiger partial charge in [0.1, 0.15) is 5.82 Å². The van der Waals surface area contributed by atoms with Crippen molar-refractivity contribution in [2.75, 3.05) is 6.61 Å². The first-order valence-corrected chi connectivity index (χ1v) is 10.9. The fourth-order valence-corrected chi connectivity index (χ4v) is 4.17. The fourth-order valence-electron chi connectivity index (χ4n) is 4.17. The molecule has 0 saturated heterocycles. The molecular formula is C26H23FN2O3. The van der Waals surface area contributed by atoms with Crippen LogP contribution in [0.1, 0.15) is 52.9 Å². The third-order valence-corrected chi connectivity index (χ3v) is 5.86. The van der Waals surface area contributed by atoms with E-state index in [1.807, 2.05) is 30.3 Å². The number of carbonyl (C=O) groups is 2. The Labute approximate surface area is 185 Å². The molecule has 1 amide bonds. The predicted octanol–water partition coefficient (Wildman–Crippen LogP) is 4.69. The summed E-state index contributed by atoms with van der Waals surface area (Å²) in [4.78, 5) is 30.0. The third-order valence-electron chi connectivity index (χ3n) is 5.86. The Kier molecular flexibility index (Phi) is 5.43. The average molecular weight is 430 g/mol. The lowest BCUT2D eigenvalue weighted by atomic mass is 9.86. The molecule has 2 aliphatic carbocycles. The van der Waals surface area contributed by atoms with Crippen molar-refractivity contribution in [1.29, 1.82) is 0 Å². The van der Waals surface area contributed by atoms with Gasteiger partial charge >= 0.3 is 5.97 Å². The van der Waals surface area contributed by atoms with Crippen molar-refractivity contribution >= 4 is 34.4 Å². The number of rotatable bonds is 5. The lowest BCUT2D eigenvalue weighted by Crippen LogP contribution is -2.30. The number of halogens is 1. The number of fused-ring (bicyclic) bond motifs is 2. The van der Waals surface area contributed by atoms with E-state index in [1.54, 1.807) is 12.1 Å². The topological polar surface area (TPSA) is 68.3 Å². The van der Waals surface area contributed by atoms with Crippen LogP contribution in [-0.2, 0) is 16.0 Å². The van der Waals surface area contributed by atoms with Gasteiger partial charge in [0, 0.05) is 11.4 Å². The van der Waals surface area contributed by atoms with Gasteiger partial charge in [-0.05, 0) is 73.1 Å². The van der Waals surface area contributed by atoms with Crippen LogP contribution in [0.3, 0.4) is 0 Å². The zero-order valence-electron chi connectivity index (χ0n) is 17.6. The number of benzene rings is 2. The molecule has 1 N–H and O–H groups in total. The normalized spacial score (nSPS) is 16.6. The van der Waals surface area contributed by atoms with Gasteiger partial charge in [0.25, 0.3) is 5.91 Å². The second-order valence-corrected chi connectivity index (χ2v) is 8.32. The van der Waals surface area contributed by atoms with Crippen molar-refractivity contribution in [2.24, 2.45) is 0 Å². The summed E-state index contributed by atoms with van der Waals surface area (Å²) in [6.07, 6.45) is 6.33. The Morgan fingerprint density at radius 3 is 2.66 bits per heavy atom. The van der Waals surface area contributed by atoms with Crippen LogP contribution >= 0.6 is 0 Å². The number of pyridine rings is 1. The summed E-state index contributed by atoms with van der Waals surface area (Å²) in [6, 6.07) is 14.0. The maximum atomic E-state index is 13.3. The Bertz CT molecular complexity index is 1230. The van der Waals surface area contributed by atoms with Crippen LogP contribution in [0.4, 0.5) is 4.39 Å². The fraction of sp³-hybridized carbons (Fsp3) is 0.269. The molecule has 0 spiro atoms. The second kappa shape index (κ2) is 8.54. The highest BCUT2D eigenvalue weighted by molar-refractivity contribution is 6.07. The number of carbonyl (C=O) groups excluding carboxylic acids is 2. The molecule has 1 heterocycles. The van der Waals surface area contributed by atoms with E-state index in [-0.39, 0.29) is 24.4 Å². The number of aromatic nitrogens is 1. The Hall–Kier alpha value is -3.54. The van der Waals surface area contributed by atoms with Gasteiger partial charge in [0.2, 0.25) is 0 Å². The van der Waals surface area contributed by atoms with Crippen molar-refractivity contribution in [2.45, 2.75) is 38.1 Å². The van der Waals surface area contributed by atoms with E-state index >= 15 is 0 Å². The van der Waals surface area contributed by atoms with Crippen LogP contribution in [0.5, 0.6) is 0 Å². The number of hydrogen-bond donors (Lipinski definition) is 1. The Morgan fingerprint density at radius 2 is 1.88 bits per heavy atom. The van der Waals surface area contributed by atoms with Gasteiger partial charge in [-0.25, -0.2) is 14.2 Å². The number of ether oxygens (including phenoxy) is 1. The van der Waals surface area contributed by atoms with Gasteiger partial charge in [-0.1, -0.05) is 30.3 Å². The van der Waals surface area contributed by atoms with Crippen molar-refractivity contribution in [3.63, 3.8) is 0 Å². The number of nitrogens with one attached hydrogen (secondary N) is 1. The summed E-state index contributed by atoms with van der Waals surface area (Å²) in [5, 5.41) is 3.56. The zero-order valence-corrected chi connectivity index (χ0v) is 17.6. The third kappa shape index (κ3) is 4.26. The number of esters is 1. The van der Waals surface area contributed by atoms with E-state index < -0.39 is 5.97 Å². The lowest BCUT2D eigenvalue weighted by molar-refractivity contribution is -0.124. The molecule has 1 fully saturated rings. The Balaban J connectivity index is 1.53. The zero-order chi connectivity index (χ0) is 22.1. The van der Waals surface area contributed by atoms with E-state index in [1.165, 1.54) is 12.1 Å². The molecule has 0 radical (unpaired) electrons. The molecule has 0 bridgehead atoms. The highest BCUT2D eigenvalue weighted by Gasteiger charge is 2.27. The standard InChI is InChI=1S/C26H23FN2O3/c27-18-10-8-16(9-11-18)14-17-4-3-6-21-24(20-5-1-2-7-22(20)29-25(17)21)26(31)32-15-23(30)28-19-12-13-19/h1-2,5,7-11,14,19H,3-4,6,12-13,15H2,(H,28,30). The van der Waals surface area contributed by atoms with Gasteiger partial charge in [-0.15, -0.1) is 0 Å². The maximum absolute atomic E-state index is 13.3. The van der Waals surface area contributed by atoms with Crippen molar-refractivity contribution in [1.82, 2.24) is 10.3 Å². The van der Waals surface area contributed by atoms with Crippen LogP contribution in [0.25, 0.3) is 22.6 Å². The van der Waals surface area contributed by atoms with Crippen LogP contribution < -0.4 is 5.32 Å². The first-order valence-electron chi connectivity index (χ1n) is 10.9. The summed E-state index contributed by atoms with van der Waals surface area (Å²) >= 11 is 0. The molecular weight excluding hydrogens is 407 g/mol. The molecule has 0 aliphatic heterocycles. The highest BCUT2D eigenvalue weighted by atomic mass is 19.1. The minimum Gasteiger partial charge on any atom is -0.452 e. The molecule has 162 valence electrons. The SMILES string of the molecule is O=C(COC(=O)c1c2c(nc3ccccc13)C(=Cc1ccc(F)cc1)CCC2)NC1CC1. The van der Waals surface area contributed by atoms with Crippen molar-refractivity contribution in [3.05, 3.63) is 76.7 Å². The van der Waals surface area contributed by atoms with E-state index in [2.05, 4.69) is 5.32 Å². The summed E-state index contributed by atoms with van der Waals surface area (Å²) in [5.74, 6) is -1.06. The first-order chi connectivity index (χ1) is 15.6. The molecule has 3 aromatic rings. The molecule has 2 aromatic carbocycles. The van der Waals surface area contributed by atoms with E-state index in [4.69, 9.17) is 9.72 Å². The molecule has 0 unspecified atom stereocenters. The molecule has 1 saturated carbocycles. The number of para-hydroxylation sites is 1. The summed E-state index contributed by atoms with van der Waals surface area (Å²) < 4.78 is 18.7. The summed E-state index contributed by atoms with van der Waals surface area (Å²) in [7, 11) is 0. The number of hydrogen-bond acceptors (Lipinski definition) is 4. The largest absolute Gasteiger partial charge is 0.452 e. The number of amides is 1. The predicted molar refractivity (Wildman–Crippen MR) is 120 cm³/mol. The van der Waals surface area contributed by atoms with Crippen LogP contribution in [0, 0.1) is 5.82 Å². The minimum atomic E-state index is -0.506. The van der Waals surface area contributed by atoms with Gasteiger partial charge in [-0.3, -0.25) is 4.79 Å². The molecule has 5 rings (SSSR count). The molecule has 2 aliphatic rings. The molecule has 32 heavy (non-hydrogen) atoms. The smallest absolute Gasteiger partial charge is 0.339 e. The van der Waals surface area contributed by atoms with Gasteiger partial charge in [0.15, 0.2) is 6.61 Å². The first kappa shape index (κ1) is 20.4. The van der Waals surface area contributed by atoms with E-state index in [9.17, 15) is 14.0 Å². The van der Waals surface area contributed by atoms with E-state index in [0.717, 1.165) is 53.5 Å². The Morgan fingerprint density at radius 1 is 1.09 bits per heavy atom. The number of allylic oxidation sites excluding steroid dienone is 1. The molecule has 0 atom stereocenters. The molecule has 6 heteroatoms. The van der Waals surface area contributed by atoms with Gasteiger partial charge < -0.3 is 10.1 Å². The minimum absolute atomic E-state index is 0.217. The van der Waals surface area contributed by atoms with Crippen molar-refractivity contribution < 1.29 is 18.7 Å². The van der Waals surface area contributed by atoms with E-state index in [0.29, 0.717) is 17.5 Å². The van der Waals surface area contributed by atoms with Crippen LogP contribution in [0.15, 0.2) is 48.5 Å². The van der Waals surface area contributed by atoms with Crippen LogP contribution in [0.2, 0.25) is 0 Å². The van der Waals surface area contributed by atoms with Crippen molar-refractivity contribution in [3.8, 4) is 0 Å². The monoisotopic (exact) mass is 430 g/mol. The lowest BCUT2D eigenvalue weighted by Gasteiger charge is -2.22. The van der Waals surface area contributed by atoms with Gasteiger partial charge in [-0.2, -0.15) is 0 Å². The summed E-state index contributed by atoms with van der Waals surface area (Å²) in [5.41, 5.74) is 4.68. The molecule has 5 nitrogen and oxygen atoms in total. The summed E-state index contributed by atoms with van der Waals surface area (Å²) in [6.45, 7) is -0.293. The highest BCUT2D eigenvalue weighted by Crippen LogP contribution is 2.36. The second-order valence-electron chi connectivity index (χ2n) is 8.32. The van der Waals surface area contributed by atoms with Crippen LogP contribution in [-0.4, -0.2) is 29.5 Å². The number of nitrogens with zero attached hydrogens (tertiary/aromatic N) is 1. The quantitative estimate of drug-likeness (QED) is 0.597. The average Bonchev–Trinajstić information content (AvgIpc) is 3.62.